The lowest BCUT2D eigenvalue weighted by molar-refractivity contribution is 0.00578. The molecule has 3 heterocycles. The first-order valence-electron chi connectivity index (χ1n) is 15.8. The molecule has 2 aliphatic heterocycles. The summed E-state index contributed by atoms with van der Waals surface area (Å²) in [6.07, 6.45) is 0. The summed E-state index contributed by atoms with van der Waals surface area (Å²) in [6.45, 7) is 8.21. The van der Waals surface area contributed by atoms with Gasteiger partial charge in [-0.25, -0.2) is 9.97 Å². The van der Waals surface area contributed by atoms with Crippen molar-refractivity contribution in [2.75, 3.05) is 0 Å². The summed E-state index contributed by atoms with van der Waals surface area (Å²) in [5.41, 5.74) is 6.25. The van der Waals surface area contributed by atoms with Crippen LogP contribution in [0.15, 0.2) is 127 Å². The Morgan fingerprint density at radius 3 is 1.57 bits per heavy atom. The Bertz CT molecular complexity index is 2080. The first-order chi connectivity index (χ1) is 22.7. The van der Waals surface area contributed by atoms with Crippen molar-refractivity contribution in [2.24, 2.45) is 0 Å². The van der Waals surface area contributed by atoms with E-state index in [0.29, 0.717) is 28.8 Å². The third-order valence-corrected chi connectivity index (χ3v) is 9.23. The second-order valence-electron chi connectivity index (χ2n) is 12.9. The van der Waals surface area contributed by atoms with E-state index in [-0.39, 0.29) is 0 Å². The van der Waals surface area contributed by atoms with E-state index in [1.54, 1.807) is 0 Å². The van der Waals surface area contributed by atoms with Gasteiger partial charge in [0.25, 0.3) is 0 Å². The highest BCUT2D eigenvalue weighted by atomic mass is 16.7. The van der Waals surface area contributed by atoms with Gasteiger partial charge in [-0.15, -0.1) is 0 Å². The lowest BCUT2D eigenvalue weighted by atomic mass is 9.74. The van der Waals surface area contributed by atoms with Gasteiger partial charge in [0.15, 0.2) is 28.8 Å². The van der Waals surface area contributed by atoms with Gasteiger partial charge >= 0.3 is 7.12 Å². The maximum absolute atomic E-state index is 6.60. The smallest absolute Gasteiger partial charge is 0.450 e. The molecule has 0 unspecified atom stereocenters. The number of para-hydroxylation sites is 2. The zero-order valence-electron chi connectivity index (χ0n) is 26.7. The van der Waals surface area contributed by atoms with Gasteiger partial charge in [0.1, 0.15) is 0 Å². The molecule has 47 heavy (non-hydrogen) atoms. The number of aromatic nitrogens is 2. The lowest BCUT2D eigenvalue weighted by Gasteiger charge is -2.32. The maximum atomic E-state index is 6.60. The van der Waals surface area contributed by atoms with Crippen molar-refractivity contribution in [3.05, 3.63) is 127 Å². The summed E-state index contributed by atoms with van der Waals surface area (Å²) in [4.78, 5) is 10.2. The number of benzene rings is 5. The van der Waals surface area contributed by atoms with Gasteiger partial charge in [0.05, 0.1) is 22.6 Å². The van der Waals surface area contributed by atoms with E-state index in [4.69, 9.17) is 28.8 Å². The highest BCUT2D eigenvalue weighted by molar-refractivity contribution is 6.64. The molecule has 1 aromatic heterocycles. The number of hydrogen-bond acceptors (Lipinski definition) is 6. The summed E-state index contributed by atoms with van der Waals surface area (Å²) >= 11 is 0. The van der Waals surface area contributed by atoms with Crippen LogP contribution in [0.1, 0.15) is 27.7 Å². The molecule has 0 N–H and O–H groups in total. The van der Waals surface area contributed by atoms with Crippen molar-refractivity contribution in [3.8, 4) is 68.0 Å². The number of rotatable bonds is 5. The fourth-order valence-corrected chi connectivity index (χ4v) is 5.89. The van der Waals surface area contributed by atoms with Gasteiger partial charge in [-0.1, -0.05) is 97.1 Å². The fraction of sp³-hybridized carbons (Fsp3) is 0.150. The van der Waals surface area contributed by atoms with Gasteiger partial charge < -0.3 is 18.8 Å². The quantitative estimate of drug-likeness (QED) is 0.180. The minimum Gasteiger partial charge on any atom is -0.450 e. The average Bonchev–Trinajstić information content (AvgIpc) is 3.33. The molecule has 8 rings (SSSR count). The van der Waals surface area contributed by atoms with Crippen molar-refractivity contribution in [1.82, 2.24) is 9.97 Å². The molecule has 1 saturated heterocycles. The summed E-state index contributed by atoms with van der Waals surface area (Å²) in [7, 11) is -0.662. The number of hydrogen-bond donors (Lipinski definition) is 0. The third kappa shape index (κ3) is 5.37. The normalized spacial score (nSPS) is 15.7. The SMILES string of the molecule is CC1(C)OB(c2cc3c(cc2-c2cc(-c4ccc(-c5ccccc5)cc4)nc(-c4ccccc4)n2)Oc2ccccc2O3)OC1(C)C. The standard InChI is InChI=1S/C40H33BN2O4/c1-39(2)40(3,4)47-41(46-39)31-24-37-36(44-34-17-11-12-18-35(34)45-37)23-30(31)33-25-32(42-38(43-33)29-15-9-6-10-16-29)28-21-19-27(20-22-28)26-13-7-5-8-14-26/h5-25H,1-4H3. The molecule has 0 amide bonds. The van der Waals surface area contributed by atoms with Crippen LogP contribution in [0, 0.1) is 0 Å². The van der Waals surface area contributed by atoms with Crippen molar-refractivity contribution >= 4 is 12.6 Å². The molecule has 1 fully saturated rings. The highest BCUT2D eigenvalue weighted by Gasteiger charge is 2.52. The second-order valence-corrected chi connectivity index (χ2v) is 12.9. The van der Waals surface area contributed by atoms with Gasteiger partial charge in [-0.05, 0) is 74.6 Å². The van der Waals surface area contributed by atoms with E-state index < -0.39 is 18.3 Å². The predicted molar refractivity (Wildman–Crippen MR) is 186 cm³/mol. The molecule has 5 aromatic carbocycles. The average molecular weight is 617 g/mol. The fourth-order valence-electron chi connectivity index (χ4n) is 5.89. The van der Waals surface area contributed by atoms with Crippen molar-refractivity contribution in [2.45, 2.75) is 38.9 Å². The minimum atomic E-state index is -0.662. The van der Waals surface area contributed by atoms with Crippen LogP contribution in [0.25, 0.3) is 45.0 Å². The van der Waals surface area contributed by atoms with Crippen molar-refractivity contribution in [3.63, 3.8) is 0 Å². The Morgan fingerprint density at radius 1 is 0.468 bits per heavy atom. The van der Waals surface area contributed by atoms with Gasteiger partial charge in [-0.2, -0.15) is 0 Å². The molecule has 2 aliphatic rings. The zero-order valence-corrected chi connectivity index (χ0v) is 26.7. The van der Waals surface area contributed by atoms with Crippen LogP contribution in [0.3, 0.4) is 0 Å². The number of nitrogens with zero attached hydrogens (tertiary/aromatic N) is 2. The molecular formula is C40H33BN2O4. The van der Waals surface area contributed by atoms with Crippen LogP contribution in [0.4, 0.5) is 0 Å². The van der Waals surface area contributed by atoms with Crippen LogP contribution < -0.4 is 14.9 Å². The van der Waals surface area contributed by atoms with Crippen molar-refractivity contribution < 1.29 is 18.8 Å². The van der Waals surface area contributed by atoms with Crippen LogP contribution in [0.2, 0.25) is 0 Å². The molecule has 0 atom stereocenters. The molecule has 0 saturated carbocycles. The first-order valence-corrected chi connectivity index (χ1v) is 15.8. The topological polar surface area (TPSA) is 62.7 Å². The molecule has 6 nitrogen and oxygen atoms in total. The first kappa shape index (κ1) is 29.2. The predicted octanol–water partition coefficient (Wildman–Crippen LogP) is 9.34. The molecule has 0 bridgehead atoms. The summed E-state index contributed by atoms with van der Waals surface area (Å²) in [5, 5.41) is 0. The van der Waals surface area contributed by atoms with Gasteiger partial charge in [0, 0.05) is 16.7 Å². The summed E-state index contributed by atoms with van der Waals surface area (Å²) < 4.78 is 25.9. The molecular weight excluding hydrogens is 583 g/mol. The Kier molecular flexibility index (Phi) is 6.97. The third-order valence-electron chi connectivity index (χ3n) is 9.23. The van der Waals surface area contributed by atoms with Crippen molar-refractivity contribution in [1.29, 1.82) is 0 Å². The molecule has 0 radical (unpaired) electrons. The summed E-state index contributed by atoms with van der Waals surface area (Å²) in [5.74, 6) is 3.10. The van der Waals surface area contributed by atoms with Crippen LogP contribution in [0.5, 0.6) is 23.0 Å². The Balaban J connectivity index is 1.30. The van der Waals surface area contributed by atoms with Gasteiger partial charge in [0.2, 0.25) is 0 Å². The number of ether oxygens (including phenoxy) is 2. The van der Waals surface area contributed by atoms with Crippen LogP contribution in [-0.4, -0.2) is 28.3 Å². The molecule has 0 aliphatic carbocycles. The van der Waals surface area contributed by atoms with E-state index in [1.807, 2.05) is 78.9 Å². The Hall–Kier alpha value is -5.24. The van der Waals surface area contributed by atoms with Crippen LogP contribution >= 0.6 is 0 Å². The second kappa shape index (κ2) is 11.2. The van der Waals surface area contributed by atoms with E-state index >= 15 is 0 Å². The van der Waals surface area contributed by atoms with E-state index in [9.17, 15) is 0 Å². The van der Waals surface area contributed by atoms with Gasteiger partial charge in [-0.3, -0.25) is 0 Å². The maximum Gasteiger partial charge on any atom is 0.495 e. The molecule has 7 heteroatoms. The lowest BCUT2D eigenvalue weighted by Crippen LogP contribution is -2.41. The minimum absolute atomic E-state index is 0.540. The van der Waals surface area contributed by atoms with E-state index in [2.05, 4.69) is 76.2 Å². The van der Waals surface area contributed by atoms with E-state index in [1.165, 1.54) is 0 Å². The monoisotopic (exact) mass is 616 g/mol. The zero-order chi connectivity index (χ0) is 32.2. The molecule has 6 aromatic rings. The molecule has 0 spiro atoms. The summed E-state index contributed by atoms with van der Waals surface area (Å²) in [6, 6.07) is 42.5. The Labute approximate surface area is 275 Å². The Morgan fingerprint density at radius 2 is 0.957 bits per heavy atom. The highest BCUT2D eigenvalue weighted by Crippen LogP contribution is 2.47. The largest absolute Gasteiger partial charge is 0.495 e. The molecule has 230 valence electrons. The number of fused-ring (bicyclic) bond motifs is 2. The van der Waals surface area contributed by atoms with Crippen LogP contribution in [-0.2, 0) is 9.31 Å². The van der Waals surface area contributed by atoms with E-state index in [0.717, 1.165) is 44.7 Å².